The molecule has 4 nitrogen and oxygen atoms in total. The highest BCUT2D eigenvalue weighted by Gasteiger charge is 2.30. The summed E-state index contributed by atoms with van der Waals surface area (Å²) in [5.74, 6) is 4.31. The van der Waals surface area contributed by atoms with Crippen LogP contribution in [0.1, 0.15) is 47.9 Å². The van der Waals surface area contributed by atoms with Gasteiger partial charge in [-0.3, -0.25) is 4.90 Å². The molecule has 0 N–H and O–H groups in total. The van der Waals surface area contributed by atoms with Crippen molar-refractivity contribution in [2.75, 3.05) is 10.6 Å². The summed E-state index contributed by atoms with van der Waals surface area (Å²) < 4.78 is 28.0. The number of benzene rings is 2. The third-order valence-electron chi connectivity index (χ3n) is 6.70. The second-order valence-corrected chi connectivity index (χ2v) is 10.5. The third-order valence-corrected chi connectivity index (χ3v) is 7.80. The van der Waals surface area contributed by atoms with Crippen LogP contribution in [-0.2, 0) is 19.6 Å². The average Bonchev–Trinajstić information content (AvgIpc) is 3.38. The summed E-state index contributed by atoms with van der Waals surface area (Å²) in [5.41, 5.74) is 6.54. The van der Waals surface area contributed by atoms with E-state index in [1.807, 2.05) is 24.3 Å². The minimum atomic E-state index is -2.54. The highest BCUT2D eigenvalue weighted by molar-refractivity contribution is 8.14. The van der Waals surface area contributed by atoms with Crippen molar-refractivity contribution in [2.24, 2.45) is 10.2 Å². The van der Waals surface area contributed by atoms with Crippen LogP contribution in [-0.4, -0.2) is 40.9 Å². The van der Waals surface area contributed by atoms with E-state index in [1.54, 1.807) is 0 Å². The van der Waals surface area contributed by atoms with E-state index in [1.165, 1.54) is 36.1 Å². The quantitative estimate of drug-likeness (QED) is 0.509. The highest BCUT2D eigenvalue weighted by atomic mass is 32.2. The van der Waals surface area contributed by atoms with Gasteiger partial charge in [-0.1, -0.05) is 42.6 Å². The SMILES string of the molecule is C=S(C)N(Cc1ccc(C2=NN=C(C(F)F)C2)cc1)c1ccc2c(c1)CN(C1CCC1)C2. The van der Waals surface area contributed by atoms with Crippen LogP contribution >= 0.6 is 10.7 Å². The van der Waals surface area contributed by atoms with Gasteiger partial charge >= 0.3 is 0 Å². The van der Waals surface area contributed by atoms with Gasteiger partial charge in [0, 0.05) is 31.2 Å². The molecule has 0 radical (unpaired) electrons. The zero-order valence-corrected chi connectivity index (χ0v) is 19.1. The molecule has 2 heterocycles. The lowest BCUT2D eigenvalue weighted by atomic mass is 9.92. The molecule has 1 saturated carbocycles. The van der Waals surface area contributed by atoms with Crippen LogP contribution in [0.25, 0.3) is 0 Å². The predicted molar refractivity (Wildman–Crippen MR) is 131 cm³/mol. The summed E-state index contributed by atoms with van der Waals surface area (Å²) in [7, 11) is -0.182. The van der Waals surface area contributed by atoms with Crippen molar-refractivity contribution >= 4 is 33.7 Å². The first-order chi connectivity index (χ1) is 15.5. The number of hydrogen-bond acceptors (Lipinski definition) is 4. The monoisotopic (exact) mass is 454 g/mol. The summed E-state index contributed by atoms with van der Waals surface area (Å²) in [6, 6.07) is 15.6. The molecule has 0 amide bonds. The lowest BCUT2D eigenvalue weighted by Gasteiger charge is -2.34. The molecular weight excluding hydrogens is 426 g/mol. The molecule has 1 unspecified atom stereocenters. The first-order valence-corrected chi connectivity index (χ1v) is 12.8. The molecular formula is C25H28F2N4S. The van der Waals surface area contributed by atoms with Crippen molar-refractivity contribution in [2.45, 2.75) is 57.8 Å². The van der Waals surface area contributed by atoms with Gasteiger partial charge in [-0.15, -0.1) is 10.7 Å². The average molecular weight is 455 g/mol. The zero-order chi connectivity index (χ0) is 22.2. The number of anilines is 1. The normalized spacial score (nSPS) is 19.5. The lowest BCUT2D eigenvalue weighted by molar-refractivity contribution is 0.126. The molecule has 2 aliphatic heterocycles. The Balaban J connectivity index is 1.28. The van der Waals surface area contributed by atoms with Crippen LogP contribution in [0.2, 0.25) is 0 Å². The minimum absolute atomic E-state index is 0.118. The molecule has 0 spiro atoms. The highest BCUT2D eigenvalue weighted by Crippen LogP contribution is 2.36. The van der Waals surface area contributed by atoms with Crippen molar-refractivity contribution in [3.63, 3.8) is 0 Å². The van der Waals surface area contributed by atoms with Gasteiger partial charge in [-0.25, -0.2) is 8.78 Å². The lowest BCUT2D eigenvalue weighted by Crippen LogP contribution is -2.36. The van der Waals surface area contributed by atoms with E-state index in [0.717, 1.165) is 36.8 Å². The predicted octanol–water partition coefficient (Wildman–Crippen LogP) is 5.62. The zero-order valence-electron chi connectivity index (χ0n) is 18.3. The number of hydrogen-bond donors (Lipinski definition) is 0. The van der Waals surface area contributed by atoms with E-state index in [-0.39, 0.29) is 22.8 Å². The fourth-order valence-corrected chi connectivity index (χ4v) is 5.41. The van der Waals surface area contributed by atoms with Gasteiger partial charge in [0.05, 0.1) is 12.3 Å². The fraction of sp³-hybridized carbons (Fsp3) is 0.400. The van der Waals surface area contributed by atoms with Gasteiger partial charge in [0.25, 0.3) is 6.43 Å². The molecule has 32 heavy (non-hydrogen) atoms. The second kappa shape index (κ2) is 8.87. The Morgan fingerprint density at radius 2 is 1.84 bits per heavy atom. The number of halogens is 2. The standard InChI is InChI=1S/C25H28F2N4S/c1-32(2)31(22-11-10-19-15-30(16-20(19)12-22)21-4-3-5-21)14-17-6-8-18(9-7-17)23-13-24(25(26)27)29-28-23/h6-12,21,25H,1,3-5,13-16H2,2H3. The van der Waals surface area contributed by atoms with E-state index in [2.05, 4.69) is 49.7 Å². The molecule has 1 atom stereocenters. The molecule has 0 saturated heterocycles. The molecule has 2 aromatic carbocycles. The number of nitrogens with zero attached hydrogens (tertiary/aromatic N) is 4. The molecule has 168 valence electrons. The summed E-state index contributed by atoms with van der Waals surface area (Å²) in [4.78, 5) is 2.62. The van der Waals surface area contributed by atoms with E-state index >= 15 is 0 Å². The first-order valence-electron chi connectivity index (χ1n) is 11.1. The van der Waals surface area contributed by atoms with Crippen LogP contribution in [0, 0.1) is 0 Å². The summed E-state index contributed by atoms with van der Waals surface area (Å²) in [5, 5.41) is 7.55. The van der Waals surface area contributed by atoms with Gasteiger partial charge in [0.2, 0.25) is 0 Å². The van der Waals surface area contributed by atoms with Crippen LogP contribution in [0.15, 0.2) is 52.7 Å². The maximum atomic E-state index is 12.8. The van der Waals surface area contributed by atoms with Crippen molar-refractivity contribution < 1.29 is 8.78 Å². The number of alkyl halides is 2. The molecule has 2 aromatic rings. The van der Waals surface area contributed by atoms with Crippen LogP contribution < -0.4 is 4.31 Å². The van der Waals surface area contributed by atoms with Crippen molar-refractivity contribution in [1.29, 1.82) is 0 Å². The summed E-state index contributed by atoms with van der Waals surface area (Å²) >= 11 is 0. The molecule has 1 fully saturated rings. The van der Waals surface area contributed by atoms with Crippen LogP contribution in [0.5, 0.6) is 0 Å². The van der Waals surface area contributed by atoms with Crippen molar-refractivity contribution in [1.82, 2.24) is 4.90 Å². The number of fused-ring (bicyclic) bond motifs is 1. The van der Waals surface area contributed by atoms with Crippen molar-refractivity contribution in [3.8, 4) is 0 Å². The largest absolute Gasteiger partial charge is 0.318 e. The molecule has 3 aliphatic rings. The van der Waals surface area contributed by atoms with Gasteiger partial charge in [0.15, 0.2) is 0 Å². The molecule has 0 bridgehead atoms. The summed E-state index contributed by atoms with van der Waals surface area (Å²) in [6.07, 6.45) is 3.75. The fourth-order valence-electron chi connectivity index (χ4n) is 4.57. The van der Waals surface area contributed by atoms with Crippen molar-refractivity contribution in [3.05, 3.63) is 64.7 Å². The van der Waals surface area contributed by atoms with Crippen LogP contribution in [0.3, 0.4) is 0 Å². The Hall–Kier alpha value is -2.38. The topological polar surface area (TPSA) is 31.2 Å². The van der Waals surface area contributed by atoms with E-state index in [4.69, 9.17) is 0 Å². The Morgan fingerprint density at radius 3 is 2.47 bits per heavy atom. The van der Waals surface area contributed by atoms with Gasteiger partial charge < -0.3 is 4.31 Å². The maximum absolute atomic E-state index is 12.8. The van der Waals surface area contributed by atoms with E-state index in [0.29, 0.717) is 5.71 Å². The Labute approximate surface area is 190 Å². The Kier molecular flexibility index (Phi) is 5.95. The smallest absolute Gasteiger partial charge is 0.278 e. The third kappa shape index (κ3) is 4.28. The first kappa shape index (κ1) is 21.5. The van der Waals surface area contributed by atoms with Gasteiger partial charge in [-0.05, 0) is 53.5 Å². The molecule has 1 aliphatic carbocycles. The molecule has 5 rings (SSSR count). The molecule has 0 aromatic heterocycles. The Bertz CT molecular complexity index is 1090. The maximum Gasteiger partial charge on any atom is 0.278 e. The van der Waals surface area contributed by atoms with Gasteiger partial charge in [0.1, 0.15) is 5.71 Å². The second-order valence-electron chi connectivity index (χ2n) is 8.89. The summed E-state index contributed by atoms with van der Waals surface area (Å²) in [6.45, 7) is 2.88. The molecule has 7 heteroatoms. The van der Waals surface area contributed by atoms with Crippen LogP contribution in [0.4, 0.5) is 14.5 Å². The Morgan fingerprint density at radius 1 is 1.09 bits per heavy atom. The van der Waals surface area contributed by atoms with Gasteiger partial charge in [-0.2, -0.15) is 10.2 Å². The number of rotatable bonds is 7. The minimum Gasteiger partial charge on any atom is -0.318 e. The van der Waals surface area contributed by atoms with E-state index < -0.39 is 6.43 Å². The van der Waals surface area contributed by atoms with E-state index in [9.17, 15) is 8.78 Å².